The fourth-order valence-electron chi connectivity index (χ4n) is 5.26. The first-order valence-corrected chi connectivity index (χ1v) is 7.72. The summed E-state index contributed by atoms with van der Waals surface area (Å²) >= 11 is 0. The van der Waals surface area contributed by atoms with Gasteiger partial charge in [0.2, 0.25) is 0 Å². The molecule has 0 aromatic heterocycles. The summed E-state index contributed by atoms with van der Waals surface area (Å²) in [5, 5.41) is 20.0. The third-order valence-electron chi connectivity index (χ3n) is 5.81. The minimum atomic E-state index is -0.0559. The second-order valence-corrected chi connectivity index (χ2v) is 8.35. The van der Waals surface area contributed by atoms with Crippen molar-refractivity contribution in [2.75, 3.05) is 0 Å². The van der Waals surface area contributed by atoms with Gasteiger partial charge in [0.1, 0.15) is 0 Å². The second kappa shape index (κ2) is 3.39. The summed E-state index contributed by atoms with van der Waals surface area (Å²) < 4.78 is 0. The highest BCUT2D eigenvalue weighted by Gasteiger charge is 2.60. The number of rotatable bonds is 0. The van der Waals surface area contributed by atoms with Gasteiger partial charge < -0.3 is 10.2 Å². The maximum Gasteiger partial charge on any atom is 0.159 e. The summed E-state index contributed by atoms with van der Waals surface area (Å²) in [6, 6.07) is 0. The number of hydrogen-bond acceptors (Lipinski definition) is 2. The van der Waals surface area contributed by atoms with E-state index in [0.717, 1.165) is 18.4 Å². The van der Waals surface area contributed by atoms with Gasteiger partial charge in [-0.25, -0.2) is 0 Å². The lowest BCUT2D eigenvalue weighted by Crippen LogP contribution is -2.23. The molecule has 0 aromatic rings. The summed E-state index contributed by atoms with van der Waals surface area (Å²) in [6.07, 6.45) is 6.67. The Morgan fingerprint density at radius 2 is 1.67 bits per heavy atom. The van der Waals surface area contributed by atoms with Crippen molar-refractivity contribution < 1.29 is 10.2 Å². The molecule has 21 heavy (non-hydrogen) atoms. The summed E-state index contributed by atoms with van der Waals surface area (Å²) in [5.74, 6) is 0.739. The van der Waals surface area contributed by atoms with Crippen molar-refractivity contribution in [3.8, 4) is 0 Å². The number of aliphatic hydroxyl groups is 2. The summed E-state index contributed by atoms with van der Waals surface area (Å²) in [6.45, 7) is 9.03. The molecule has 4 rings (SSSR count). The fourth-order valence-corrected chi connectivity index (χ4v) is 5.26. The van der Waals surface area contributed by atoms with Crippen LogP contribution in [0.1, 0.15) is 47.0 Å². The SMILES string of the molecule is CC1(C)CC2(CC(C)(C)C3=C2C=C(O)C3)C2=CC(O)=C=C21. The predicted molar refractivity (Wildman–Crippen MR) is 82.8 cm³/mol. The van der Waals surface area contributed by atoms with Crippen LogP contribution in [0.25, 0.3) is 0 Å². The highest BCUT2D eigenvalue weighted by atomic mass is 16.3. The topological polar surface area (TPSA) is 40.5 Å². The number of aliphatic hydroxyl groups excluding tert-OH is 2. The molecular weight excluding hydrogens is 260 g/mol. The molecule has 4 aliphatic carbocycles. The van der Waals surface area contributed by atoms with Crippen LogP contribution in [0.4, 0.5) is 0 Å². The molecule has 0 aromatic carbocycles. The molecule has 1 saturated carbocycles. The van der Waals surface area contributed by atoms with Gasteiger partial charge in [-0.05, 0) is 47.0 Å². The first-order valence-electron chi connectivity index (χ1n) is 7.72. The van der Waals surface area contributed by atoms with E-state index in [0.29, 0.717) is 12.2 Å². The number of allylic oxidation sites excluding steroid dienone is 5. The highest BCUT2D eigenvalue weighted by molar-refractivity contribution is 5.63. The van der Waals surface area contributed by atoms with Crippen LogP contribution >= 0.6 is 0 Å². The molecule has 0 saturated heterocycles. The van der Waals surface area contributed by atoms with Crippen molar-refractivity contribution >= 4 is 0 Å². The predicted octanol–water partition coefficient (Wildman–Crippen LogP) is 4.88. The molecule has 110 valence electrons. The third-order valence-corrected chi connectivity index (χ3v) is 5.81. The van der Waals surface area contributed by atoms with Crippen molar-refractivity contribution in [3.05, 3.63) is 51.7 Å². The van der Waals surface area contributed by atoms with Crippen LogP contribution in [0.15, 0.2) is 51.7 Å². The summed E-state index contributed by atoms with van der Waals surface area (Å²) in [5.41, 5.74) is 8.29. The summed E-state index contributed by atoms with van der Waals surface area (Å²) in [4.78, 5) is 0. The molecule has 0 radical (unpaired) electrons. The number of hydrogen-bond donors (Lipinski definition) is 2. The van der Waals surface area contributed by atoms with Crippen LogP contribution in [0.5, 0.6) is 0 Å². The van der Waals surface area contributed by atoms with Crippen molar-refractivity contribution in [2.45, 2.75) is 47.0 Å². The Kier molecular flexibility index (Phi) is 2.10. The van der Waals surface area contributed by atoms with Gasteiger partial charge in [-0.2, -0.15) is 0 Å². The minimum absolute atomic E-state index is 0.0148. The van der Waals surface area contributed by atoms with E-state index in [-0.39, 0.29) is 22.0 Å². The molecule has 1 fully saturated rings. The van der Waals surface area contributed by atoms with Gasteiger partial charge in [-0.15, -0.1) is 0 Å². The van der Waals surface area contributed by atoms with Gasteiger partial charge >= 0.3 is 0 Å². The van der Waals surface area contributed by atoms with Gasteiger partial charge in [0.05, 0.1) is 5.76 Å². The Morgan fingerprint density at radius 3 is 2.38 bits per heavy atom. The molecule has 2 heteroatoms. The van der Waals surface area contributed by atoms with Crippen LogP contribution in [0.2, 0.25) is 0 Å². The molecule has 1 unspecified atom stereocenters. The average Bonchev–Trinajstić information content (AvgIpc) is 2.98. The van der Waals surface area contributed by atoms with E-state index < -0.39 is 0 Å². The van der Waals surface area contributed by atoms with E-state index in [1.807, 2.05) is 12.2 Å². The lowest BCUT2D eigenvalue weighted by Gasteiger charge is -2.32. The van der Waals surface area contributed by atoms with E-state index in [1.54, 1.807) is 0 Å². The van der Waals surface area contributed by atoms with Crippen molar-refractivity contribution in [2.24, 2.45) is 16.2 Å². The maximum atomic E-state index is 10.1. The van der Waals surface area contributed by atoms with E-state index >= 15 is 0 Å². The van der Waals surface area contributed by atoms with Gasteiger partial charge in [0, 0.05) is 17.4 Å². The zero-order valence-corrected chi connectivity index (χ0v) is 13.2. The average molecular weight is 282 g/mol. The zero-order valence-electron chi connectivity index (χ0n) is 13.2. The molecule has 1 atom stereocenters. The van der Waals surface area contributed by atoms with E-state index in [4.69, 9.17) is 0 Å². The monoisotopic (exact) mass is 282 g/mol. The second-order valence-electron chi connectivity index (χ2n) is 8.35. The van der Waals surface area contributed by atoms with Crippen molar-refractivity contribution in [1.29, 1.82) is 0 Å². The van der Waals surface area contributed by atoms with E-state index in [9.17, 15) is 10.2 Å². The number of fused-ring (bicyclic) bond motifs is 3. The molecular formula is C19H22O2. The minimum Gasteiger partial charge on any atom is -0.512 e. The lowest BCUT2D eigenvalue weighted by molar-refractivity contribution is 0.265. The van der Waals surface area contributed by atoms with E-state index in [2.05, 4.69) is 33.4 Å². The lowest BCUT2D eigenvalue weighted by atomic mass is 9.71. The Balaban J connectivity index is 1.96. The van der Waals surface area contributed by atoms with Crippen LogP contribution in [0, 0.1) is 16.2 Å². The highest BCUT2D eigenvalue weighted by Crippen LogP contribution is 2.70. The molecule has 0 heterocycles. The van der Waals surface area contributed by atoms with Gasteiger partial charge in [-0.3, -0.25) is 0 Å². The Hall–Kier alpha value is -1.66. The maximum absolute atomic E-state index is 10.1. The summed E-state index contributed by atoms with van der Waals surface area (Å²) in [7, 11) is 0. The van der Waals surface area contributed by atoms with Gasteiger partial charge in [-0.1, -0.05) is 39.0 Å². The van der Waals surface area contributed by atoms with Crippen LogP contribution in [-0.4, -0.2) is 10.2 Å². The van der Waals surface area contributed by atoms with Crippen LogP contribution in [-0.2, 0) is 0 Å². The van der Waals surface area contributed by atoms with E-state index in [1.165, 1.54) is 16.7 Å². The molecule has 0 amide bonds. The van der Waals surface area contributed by atoms with Gasteiger partial charge in [0.25, 0.3) is 0 Å². The Bertz CT molecular complexity index is 734. The van der Waals surface area contributed by atoms with Gasteiger partial charge in [0.15, 0.2) is 5.76 Å². The fraction of sp³-hybridized carbons (Fsp3) is 0.526. The largest absolute Gasteiger partial charge is 0.512 e. The van der Waals surface area contributed by atoms with Crippen LogP contribution < -0.4 is 0 Å². The normalized spacial score (nSPS) is 34.7. The first kappa shape index (κ1) is 13.0. The molecule has 1 spiro atoms. The molecule has 2 N–H and O–H groups in total. The van der Waals surface area contributed by atoms with Crippen LogP contribution in [0.3, 0.4) is 0 Å². The van der Waals surface area contributed by atoms with Crippen molar-refractivity contribution in [1.82, 2.24) is 0 Å². The molecule has 2 nitrogen and oxygen atoms in total. The third kappa shape index (κ3) is 1.44. The molecule has 4 aliphatic rings. The zero-order chi connectivity index (χ0) is 15.2. The Labute approximate surface area is 125 Å². The first-order chi connectivity index (χ1) is 9.66. The Morgan fingerprint density at radius 1 is 1.00 bits per heavy atom. The molecule has 0 aliphatic heterocycles. The quantitative estimate of drug-likeness (QED) is 0.621. The van der Waals surface area contributed by atoms with Crippen molar-refractivity contribution in [3.63, 3.8) is 0 Å². The smallest absolute Gasteiger partial charge is 0.159 e. The molecule has 0 bridgehead atoms. The standard InChI is InChI=1S/C19H22O2/c1-17(2)9-19(15-7-11(20)5-13(15)17)10-18(3,4)14-6-12(21)8-16(14)19/h7-8,20-21H,5,9-10H2,1-4H3.